The van der Waals surface area contributed by atoms with Gasteiger partial charge >= 0.3 is 0 Å². The average molecular weight is 300 g/mol. The van der Waals surface area contributed by atoms with Crippen molar-refractivity contribution in [2.75, 3.05) is 13.2 Å². The number of rotatable bonds is 6. The predicted octanol–water partition coefficient (Wildman–Crippen LogP) is 1.62. The molecule has 0 aliphatic carbocycles. The molecule has 4 nitrogen and oxygen atoms in total. The largest absolute Gasteiger partial charge is 0.484 e. The Morgan fingerprint density at radius 1 is 1.59 bits per heavy atom. The summed E-state index contributed by atoms with van der Waals surface area (Å²) in [5, 5.41) is 11.7. The van der Waals surface area contributed by atoms with E-state index in [1.165, 1.54) is 0 Å². The molecule has 0 aliphatic heterocycles. The zero-order chi connectivity index (χ0) is 12.7. The first-order valence-corrected chi connectivity index (χ1v) is 5.86. The lowest BCUT2D eigenvalue weighted by atomic mass is 10.2. The smallest absolute Gasteiger partial charge is 0.258 e. The average Bonchev–Trinajstić information content (AvgIpc) is 2.35. The number of ether oxygens (including phenoxy) is 1. The van der Waals surface area contributed by atoms with Crippen LogP contribution in [0.3, 0.4) is 0 Å². The number of carbonyl (C=O) groups is 1. The summed E-state index contributed by atoms with van der Waals surface area (Å²) in [6.07, 6.45) is 1.60. The summed E-state index contributed by atoms with van der Waals surface area (Å²) in [7, 11) is 0. The fourth-order valence-corrected chi connectivity index (χ4v) is 1.52. The molecule has 92 valence electrons. The van der Waals surface area contributed by atoms with E-state index in [9.17, 15) is 4.79 Å². The van der Waals surface area contributed by atoms with Crippen molar-refractivity contribution in [3.8, 4) is 5.75 Å². The molecule has 0 heterocycles. The van der Waals surface area contributed by atoms with Crippen molar-refractivity contribution in [1.29, 1.82) is 0 Å². The minimum atomic E-state index is -0.210. The van der Waals surface area contributed by atoms with Gasteiger partial charge in [0.15, 0.2) is 6.61 Å². The van der Waals surface area contributed by atoms with Crippen molar-refractivity contribution in [2.24, 2.45) is 0 Å². The molecule has 1 amide bonds. The molecule has 1 aromatic rings. The summed E-state index contributed by atoms with van der Waals surface area (Å²) in [6, 6.07) is 5.18. The molecular formula is C12H14BrNO3. The van der Waals surface area contributed by atoms with E-state index in [1.807, 2.05) is 0 Å². The maximum Gasteiger partial charge on any atom is 0.258 e. The predicted molar refractivity (Wildman–Crippen MR) is 68.8 cm³/mol. The highest BCUT2D eigenvalue weighted by Crippen LogP contribution is 2.22. The Hall–Kier alpha value is -1.33. The number of aliphatic hydroxyl groups is 1. The van der Waals surface area contributed by atoms with Crippen LogP contribution in [0.15, 0.2) is 35.3 Å². The minimum absolute atomic E-state index is 0.0552. The first kappa shape index (κ1) is 13.7. The summed E-state index contributed by atoms with van der Waals surface area (Å²) in [4.78, 5) is 11.3. The maximum atomic E-state index is 11.3. The van der Waals surface area contributed by atoms with Crippen LogP contribution in [0, 0.1) is 0 Å². The van der Waals surface area contributed by atoms with Gasteiger partial charge < -0.3 is 15.2 Å². The summed E-state index contributed by atoms with van der Waals surface area (Å²) < 4.78 is 6.09. The SMILES string of the molecule is C=CCNC(=O)COc1ccc(Br)c(CO)c1. The summed E-state index contributed by atoms with van der Waals surface area (Å²) in [5.74, 6) is 0.337. The number of benzene rings is 1. The third kappa shape index (κ3) is 4.58. The van der Waals surface area contributed by atoms with Crippen LogP contribution in [0.4, 0.5) is 0 Å². The van der Waals surface area contributed by atoms with Gasteiger partial charge in [-0.2, -0.15) is 0 Å². The van der Waals surface area contributed by atoms with Gasteiger partial charge in [-0.15, -0.1) is 6.58 Å². The Labute approximate surface area is 108 Å². The third-order valence-electron chi connectivity index (χ3n) is 2.00. The number of hydrogen-bond acceptors (Lipinski definition) is 3. The van der Waals surface area contributed by atoms with Crippen molar-refractivity contribution >= 4 is 21.8 Å². The number of halogens is 1. The molecule has 1 rings (SSSR count). The maximum absolute atomic E-state index is 11.3. The Morgan fingerprint density at radius 3 is 3.00 bits per heavy atom. The number of aliphatic hydroxyl groups excluding tert-OH is 1. The quantitative estimate of drug-likeness (QED) is 0.785. The molecule has 0 aliphatic rings. The Balaban J connectivity index is 2.51. The number of amides is 1. The molecule has 0 spiro atoms. The van der Waals surface area contributed by atoms with Crippen LogP contribution in [0.1, 0.15) is 5.56 Å². The zero-order valence-corrected chi connectivity index (χ0v) is 10.9. The molecule has 0 radical (unpaired) electrons. The van der Waals surface area contributed by atoms with Gasteiger partial charge in [0, 0.05) is 11.0 Å². The number of carbonyl (C=O) groups excluding carboxylic acids is 1. The lowest BCUT2D eigenvalue weighted by Crippen LogP contribution is -2.28. The second-order valence-corrected chi connectivity index (χ2v) is 4.15. The van der Waals surface area contributed by atoms with E-state index in [0.29, 0.717) is 17.9 Å². The molecule has 1 aromatic carbocycles. The van der Waals surface area contributed by atoms with E-state index in [0.717, 1.165) is 4.47 Å². The Bertz CT molecular complexity index is 407. The Kier molecular flexibility index (Phi) is 5.72. The minimum Gasteiger partial charge on any atom is -0.484 e. The van der Waals surface area contributed by atoms with Crippen LogP contribution in [0.25, 0.3) is 0 Å². The van der Waals surface area contributed by atoms with Crippen molar-refractivity contribution in [2.45, 2.75) is 6.61 Å². The van der Waals surface area contributed by atoms with Crippen LogP contribution in [-0.4, -0.2) is 24.2 Å². The van der Waals surface area contributed by atoms with Crippen LogP contribution >= 0.6 is 15.9 Å². The lowest BCUT2D eigenvalue weighted by Gasteiger charge is -2.08. The van der Waals surface area contributed by atoms with Gasteiger partial charge in [0.05, 0.1) is 6.61 Å². The van der Waals surface area contributed by atoms with E-state index in [4.69, 9.17) is 9.84 Å². The van der Waals surface area contributed by atoms with Crippen molar-refractivity contribution in [3.63, 3.8) is 0 Å². The summed E-state index contributed by atoms with van der Waals surface area (Å²) >= 11 is 3.30. The first-order chi connectivity index (χ1) is 8.17. The van der Waals surface area contributed by atoms with Gasteiger partial charge in [-0.25, -0.2) is 0 Å². The molecule has 0 fully saturated rings. The van der Waals surface area contributed by atoms with E-state index >= 15 is 0 Å². The summed E-state index contributed by atoms with van der Waals surface area (Å²) in [6.45, 7) is 3.78. The zero-order valence-electron chi connectivity index (χ0n) is 9.28. The molecule has 0 saturated heterocycles. The first-order valence-electron chi connectivity index (χ1n) is 5.07. The van der Waals surface area contributed by atoms with Gasteiger partial charge in [-0.05, 0) is 23.8 Å². The molecule has 0 aromatic heterocycles. The fourth-order valence-electron chi connectivity index (χ4n) is 1.15. The Morgan fingerprint density at radius 2 is 2.35 bits per heavy atom. The van der Waals surface area contributed by atoms with E-state index < -0.39 is 0 Å². The molecule has 17 heavy (non-hydrogen) atoms. The van der Waals surface area contributed by atoms with Crippen LogP contribution in [0.5, 0.6) is 5.75 Å². The van der Waals surface area contributed by atoms with Gasteiger partial charge in [0.2, 0.25) is 0 Å². The standard InChI is InChI=1S/C12H14BrNO3/c1-2-5-14-12(16)8-17-10-3-4-11(13)9(6-10)7-15/h2-4,6,15H,1,5,7-8H2,(H,14,16). The normalized spacial score (nSPS) is 9.76. The molecular weight excluding hydrogens is 286 g/mol. The van der Waals surface area contributed by atoms with Crippen molar-refractivity contribution < 1.29 is 14.6 Å². The second kappa shape index (κ2) is 7.09. The number of hydrogen-bond donors (Lipinski definition) is 2. The number of nitrogens with one attached hydrogen (secondary N) is 1. The van der Waals surface area contributed by atoms with Gasteiger partial charge in [-0.3, -0.25) is 4.79 Å². The highest BCUT2D eigenvalue weighted by atomic mass is 79.9. The van der Waals surface area contributed by atoms with E-state index in [-0.39, 0.29) is 19.1 Å². The highest BCUT2D eigenvalue weighted by molar-refractivity contribution is 9.10. The summed E-state index contributed by atoms with van der Waals surface area (Å²) in [5.41, 5.74) is 0.717. The van der Waals surface area contributed by atoms with Crippen molar-refractivity contribution in [3.05, 3.63) is 40.9 Å². The van der Waals surface area contributed by atoms with E-state index in [1.54, 1.807) is 24.3 Å². The molecule has 0 atom stereocenters. The molecule has 0 unspecified atom stereocenters. The van der Waals surface area contributed by atoms with Gasteiger partial charge in [0.25, 0.3) is 5.91 Å². The topological polar surface area (TPSA) is 58.6 Å². The van der Waals surface area contributed by atoms with Gasteiger partial charge in [-0.1, -0.05) is 22.0 Å². The van der Waals surface area contributed by atoms with E-state index in [2.05, 4.69) is 27.8 Å². The fraction of sp³-hybridized carbons (Fsp3) is 0.250. The van der Waals surface area contributed by atoms with Crippen LogP contribution in [0.2, 0.25) is 0 Å². The van der Waals surface area contributed by atoms with Gasteiger partial charge in [0.1, 0.15) is 5.75 Å². The highest BCUT2D eigenvalue weighted by Gasteiger charge is 2.04. The van der Waals surface area contributed by atoms with Crippen molar-refractivity contribution in [1.82, 2.24) is 5.32 Å². The molecule has 0 saturated carbocycles. The molecule has 2 N–H and O–H groups in total. The monoisotopic (exact) mass is 299 g/mol. The second-order valence-electron chi connectivity index (χ2n) is 3.29. The van der Waals surface area contributed by atoms with Crippen LogP contribution < -0.4 is 10.1 Å². The molecule has 5 heteroatoms. The third-order valence-corrected chi connectivity index (χ3v) is 2.77. The molecule has 0 bridgehead atoms. The lowest BCUT2D eigenvalue weighted by molar-refractivity contribution is -0.122. The van der Waals surface area contributed by atoms with Crippen LogP contribution in [-0.2, 0) is 11.4 Å².